The lowest BCUT2D eigenvalue weighted by Gasteiger charge is -2.35. The highest BCUT2D eigenvalue weighted by molar-refractivity contribution is 6.34. The molecule has 4 aliphatic heterocycles. The van der Waals surface area contributed by atoms with Gasteiger partial charge in [-0.15, -0.1) is 0 Å². The number of imidazole rings is 4. The monoisotopic (exact) mass is 2070 g/mol. The van der Waals surface area contributed by atoms with Crippen LogP contribution >= 0.6 is 34.8 Å². The van der Waals surface area contributed by atoms with Crippen LogP contribution < -0.4 is 5.73 Å². The van der Waals surface area contributed by atoms with E-state index in [4.69, 9.17) is 97.4 Å². The van der Waals surface area contributed by atoms with Gasteiger partial charge in [-0.2, -0.15) is 0 Å². The van der Waals surface area contributed by atoms with Gasteiger partial charge in [-0.1, -0.05) is 297 Å². The van der Waals surface area contributed by atoms with Gasteiger partial charge in [0.15, 0.2) is 68.8 Å². The molecule has 148 heavy (non-hydrogen) atoms. The first-order chi connectivity index (χ1) is 72.2. The molecule has 4 aliphatic rings. The van der Waals surface area contributed by atoms with Gasteiger partial charge in [-0.25, -0.2) is 59.8 Å². The molecule has 20 rings (SSSR count). The molecule has 21 atom stereocenters. The fourth-order valence-corrected chi connectivity index (χ4v) is 18.0. The highest BCUT2D eigenvalue weighted by Gasteiger charge is 2.52. The molecular formula is C107H110Cl3N17O21. The number of nitrogen functional groups attached to an aromatic ring is 1. The van der Waals surface area contributed by atoms with Gasteiger partial charge in [0.1, 0.15) is 151 Å². The molecule has 0 bridgehead atoms. The minimum absolute atomic E-state index is 0.0848. The van der Waals surface area contributed by atoms with E-state index in [9.17, 15) is 46.0 Å². The molecule has 0 aliphatic carbocycles. The number of rotatable bonds is 32. The highest BCUT2D eigenvalue weighted by Crippen LogP contribution is 2.42. The van der Waals surface area contributed by atoms with Gasteiger partial charge < -0.3 is 109 Å². The Hall–Kier alpha value is -13.0. The molecule has 8 aromatic carbocycles. The number of nitrogens with two attached hydrogens (primary N) is 1. The van der Waals surface area contributed by atoms with E-state index >= 15 is 0 Å². The molecule has 38 nitrogen and oxygen atoms in total. The van der Waals surface area contributed by atoms with Crippen LogP contribution in [0.25, 0.3) is 44.7 Å². The van der Waals surface area contributed by atoms with Crippen molar-refractivity contribution < 1.29 is 103 Å². The average Bonchev–Trinajstić information content (AvgIpc) is 1.64. The topological polar surface area (TPSA) is 493 Å². The SMILES string of the molecule is C=C1[C@H](n2cnc3c(Cl)ncnc32)O[C@H](CO)[C@@H](O)[C@H](O)[C@H]1O.C=C1[C@H](n2cnc3c(Cl)ncnc32)O[C@H](COCc2ccccc2)[C@@H](OCc2ccccc2)[C@H](OCc2ccccc2)[C@H]1OCc1ccccc1.C=C1[C@H](n2cnc3c(N)ncnc32)O[C@H](CO)[C@@H](O)[C@H](O)[C@H]1O.O[C@@H]1[C@H](OCc2ccccc2)[C@@H](OCc2ccccc2)[C@H](OCc2ccccc2)[C@@H](COCc2ccccc2)O[C@H]1n1cnc2c(Cl)ncnc21. The van der Waals surface area contributed by atoms with Crippen molar-refractivity contribution in [2.45, 2.75) is 182 Å². The summed E-state index contributed by atoms with van der Waals surface area (Å²) >= 11 is 18.8. The number of benzene rings is 8. The number of fused-ring (bicyclic) bond motifs is 4. The van der Waals surface area contributed by atoms with Gasteiger partial charge in [0.25, 0.3) is 0 Å². The van der Waals surface area contributed by atoms with Crippen LogP contribution in [-0.4, -0.2) is 254 Å². The zero-order valence-corrected chi connectivity index (χ0v) is 82.0. The third kappa shape index (κ3) is 25.6. The standard InChI is InChI=1S/C41H39ClN4O5.C40H39ClN4O6.C13H15ClN4O5.C13H17N5O5/c1-29-36(48-23-31-16-8-3-9-17-31)38(50-25-33-20-12-5-13-21-33)37(49-24-32-18-10-4-11-19-32)34(26-47-22-30-14-6-2-7-15-30)51-41(29)46-28-45-35-39(42)43-27-44-40(35)46;41-38-33-39(43-26-42-38)45(27-44-33)40-34(46)36(49-23-30-17-9-3-10-18-30)37(50-24-31-19-11-4-12-20-31)35(48-22-29-15-7-2-8-16-29)32(51-40)25-47-21-28-13-5-1-6-14-28;2*1-5-8(20)10(22)9(21)6(2-19)23-13(5)18-4-17-7-11(14)15-3-16-12(7)18/h2-21,27-28,34,36-38,41H,1,22-26H2;1-20,26-27,32,34-37,40,46H,21-25H2;3-4,6,8-10,13,19-22H,1-2H2;3-4,6,8-10,13,19-22H,1-2H2,(H2,14,15,16)/t34-,36+,37-,38-,41-;32-,34-,35-,36+,37+,40-;2*6-,8+,9-,10-,13-/m1111/s1. The van der Waals surface area contributed by atoms with Crippen LogP contribution in [0.1, 0.15) is 69.4 Å². The van der Waals surface area contributed by atoms with Gasteiger partial charge in [-0.3, -0.25) is 18.3 Å². The minimum Gasteiger partial charge on any atom is -0.394 e. The number of anilines is 1. The van der Waals surface area contributed by atoms with E-state index in [1.54, 1.807) is 17.2 Å². The zero-order valence-electron chi connectivity index (χ0n) is 79.7. The number of nitrogens with zero attached hydrogens (tertiary/aromatic N) is 16. The molecule has 0 unspecified atom stereocenters. The summed E-state index contributed by atoms with van der Waals surface area (Å²) in [5, 5.41) is 91.9. The second-order valence-corrected chi connectivity index (χ2v) is 36.2. The van der Waals surface area contributed by atoms with Crippen LogP contribution in [-0.2, 0) is 110 Å². The highest BCUT2D eigenvalue weighted by atomic mass is 35.5. The third-order valence-corrected chi connectivity index (χ3v) is 26.1. The van der Waals surface area contributed by atoms with Crippen molar-refractivity contribution >= 4 is 85.3 Å². The van der Waals surface area contributed by atoms with Crippen LogP contribution in [0.15, 0.2) is 330 Å². The van der Waals surface area contributed by atoms with Crippen LogP contribution in [0.2, 0.25) is 15.5 Å². The van der Waals surface area contributed by atoms with Gasteiger partial charge >= 0.3 is 0 Å². The maximum Gasteiger partial charge on any atom is 0.167 e. The minimum atomic E-state index is -1.54. The van der Waals surface area contributed by atoms with Crippen LogP contribution in [0, 0.1) is 0 Å². The first-order valence-corrected chi connectivity index (χ1v) is 48.6. The normalized spacial score (nSPS) is 24.8. The number of aliphatic hydroxyl groups excluding tert-OH is 9. The number of halogens is 3. The smallest absolute Gasteiger partial charge is 0.167 e. The Balaban J connectivity index is 0.000000144. The molecule has 0 spiro atoms. The van der Waals surface area contributed by atoms with E-state index in [-0.39, 0.29) is 65.5 Å². The van der Waals surface area contributed by atoms with Gasteiger partial charge in [0.05, 0.1) is 105 Å². The Morgan fingerprint density at radius 2 is 0.561 bits per heavy atom. The van der Waals surface area contributed by atoms with Crippen molar-refractivity contribution in [3.63, 3.8) is 0 Å². The molecular weight excluding hydrogens is 1970 g/mol. The summed E-state index contributed by atoms with van der Waals surface area (Å²) in [6.07, 6.45) is -11.0. The second kappa shape index (κ2) is 51.3. The number of hydrogen-bond donors (Lipinski definition) is 10. The van der Waals surface area contributed by atoms with Crippen molar-refractivity contribution in [2.24, 2.45) is 0 Å². The lowest BCUT2D eigenvalue weighted by atomic mass is 9.98. The lowest BCUT2D eigenvalue weighted by molar-refractivity contribution is -0.185. The Labute approximate surface area is 864 Å². The molecule has 0 saturated carbocycles. The first-order valence-electron chi connectivity index (χ1n) is 47.4. The number of ether oxygens (including phenoxy) is 12. The summed E-state index contributed by atoms with van der Waals surface area (Å²) in [6, 6.07) is 79.6. The summed E-state index contributed by atoms with van der Waals surface area (Å²) in [5.41, 5.74) is 17.5. The fraction of sp³-hybridized carbons (Fsp3) is 0.308. The lowest BCUT2D eigenvalue weighted by Crippen LogP contribution is -2.51. The predicted molar refractivity (Wildman–Crippen MR) is 542 cm³/mol. The molecule has 0 radical (unpaired) electrons. The Morgan fingerprint density at radius 1 is 0.284 bits per heavy atom. The molecule has 16 aromatic rings. The summed E-state index contributed by atoms with van der Waals surface area (Å²) in [5.74, 6) is 0.173. The quantitative estimate of drug-likeness (QED) is 0.0138. The number of hydrogen-bond acceptors (Lipinski definition) is 34. The van der Waals surface area contributed by atoms with E-state index in [1.807, 2.05) is 247 Å². The maximum atomic E-state index is 12.4. The first kappa shape index (κ1) is 106. The number of aromatic nitrogens is 16. The van der Waals surface area contributed by atoms with E-state index in [0.29, 0.717) is 83.3 Å². The maximum absolute atomic E-state index is 12.4. The molecule has 4 saturated heterocycles. The molecule has 8 aromatic heterocycles. The molecule has 12 heterocycles. The molecule has 770 valence electrons. The van der Waals surface area contributed by atoms with Gasteiger partial charge in [-0.05, 0) is 44.5 Å². The van der Waals surface area contributed by atoms with Crippen LogP contribution in [0.5, 0.6) is 0 Å². The Morgan fingerprint density at radius 3 is 0.926 bits per heavy atom. The van der Waals surface area contributed by atoms with Crippen molar-refractivity contribution in [1.82, 2.24) is 78.1 Å². The summed E-state index contributed by atoms with van der Waals surface area (Å²) in [6.45, 7) is 13.6. The fourth-order valence-electron chi connectivity index (χ4n) is 17.4. The van der Waals surface area contributed by atoms with Crippen molar-refractivity contribution in [2.75, 3.05) is 32.2 Å². The van der Waals surface area contributed by atoms with Gasteiger partial charge in [0.2, 0.25) is 0 Å². The Bertz CT molecular complexity index is 6820. The van der Waals surface area contributed by atoms with Crippen molar-refractivity contribution in [3.8, 4) is 0 Å². The van der Waals surface area contributed by atoms with Crippen molar-refractivity contribution in [3.05, 3.63) is 390 Å². The summed E-state index contributed by atoms with van der Waals surface area (Å²) in [4.78, 5) is 50.2. The van der Waals surface area contributed by atoms with Crippen LogP contribution in [0.3, 0.4) is 0 Å². The summed E-state index contributed by atoms with van der Waals surface area (Å²) in [7, 11) is 0. The molecule has 41 heteroatoms. The van der Waals surface area contributed by atoms with Gasteiger partial charge in [0, 0.05) is 16.7 Å². The van der Waals surface area contributed by atoms with E-state index in [0.717, 1.165) is 44.5 Å². The molecule has 11 N–H and O–H groups in total. The average molecular weight is 2080 g/mol. The third-order valence-electron chi connectivity index (χ3n) is 25.2. The van der Waals surface area contributed by atoms with Crippen molar-refractivity contribution in [1.29, 1.82) is 0 Å². The largest absolute Gasteiger partial charge is 0.394 e. The molecule has 0 amide bonds. The zero-order chi connectivity index (χ0) is 103. The Kier molecular flexibility index (Phi) is 36.8. The summed E-state index contributed by atoms with van der Waals surface area (Å²) < 4.78 is 84.9. The number of aliphatic hydroxyl groups is 9. The van der Waals surface area contributed by atoms with Crippen LogP contribution in [0.4, 0.5) is 5.82 Å². The van der Waals surface area contributed by atoms with E-state index < -0.39 is 142 Å². The molecule has 4 fully saturated rings. The van der Waals surface area contributed by atoms with E-state index in [1.165, 1.54) is 47.1 Å². The second-order valence-electron chi connectivity index (χ2n) is 35.2. The van der Waals surface area contributed by atoms with E-state index in [2.05, 4.69) is 79.5 Å². The predicted octanol–water partition coefficient (Wildman–Crippen LogP) is 11.6.